The van der Waals surface area contributed by atoms with E-state index < -0.39 is 0 Å². The Morgan fingerprint density at radius 2 is 0.870 bits per heavy atom. The molecule has 0 bridgehead atoms. The predicted molar refractivity (Wildman–Crippen MR) is 230 cm³/mol. The van der Waals surface area contributed by atoms with Gasteiger partial charge in [-0.05, 0) is 102 Å². The van der Waals surface area contributed by atoms with Crippen LogP contribution in [0.5, 0.6) is 0 Å². The molecule has 1 heteroatoms. The van der Waals surface area contributed by atoms with Crippen molar-refractivity contribution >= 4 is 38.6 Å². The summed E-state index contributed by atoms with van der Waals surface area (Å²) in [6.07, 6.45) is 0. The van der Waals surface area contributed by atoms with Crippen molar-refractivity contribution < 1.29 is 5.48 Å². The molecule has 0 radical (unpaired) electrons. The number of hydrogen-bond donors (Lipinski definition) is 0. The van der Waals surface area contributed by atoms with Crippen molar-refractivity contribution in [3.63, 3.8) is 0 Å². The Morgan fingerprint density at radius 1 is 0.407 bits per heavy atom. The van der Waals surface area contributed by atoms with Crippen LogP contribution < -0.4 is 4.90 Å². The highest BCUT2D eigenvalue weighted by Gasteiger charge is 2.37. The summed E-state index contributed by atoms with van der Waals surface area (Å²) in [5.41, 5.74) is 11.7. The van der Waals surface area contributed by atoms with Gasteiger partial charge in [-0.2, -0.15) is 0 Å². The second-order valence-corrected chi connectivity index (χ2v) is 14.6. The van der Waals surface area contributed by atoms with Gasteiger partial charge in [0.25, 0.3) is 0 Å². The fourth-order valence-electron chi connectivity index (χ4n) is 8.57. The van der Waals surface area contributed by atoms with Crippen LogP contribution in [0.1, 0.15) is 30.5 Å². The summed E-state index contributed by atoms with van der Waals surface area (Å²) in [6.45, 7) is 4.45. The molecule has 10 rings (SSSR count). The Labute approximate surface area is 323 Å². The lowest BCUT2D eigenvalue weighted by Gasteiger charge is -2.29. The Kier molecular flexibility index (Phi) is 6.59. The van der Waals surface area contributed by atoms with Crippen molar-refractivity contribution in [3.8, 4) is 44.5 Å². The quantitative estimate of drug-likeness (QED) is 0.168. The molecule has 0 amide bonds. The molecule has 1 nitrogen and oxygen atoms in total. The van der Waals surface area contributed by atoms with Gasteiger partial charge in [0.1, 0.15) is 0 Å². The summed E-state index contributed by atoms with van der Waals surface area (Å²) in [5, 5.41) is 4.67. The average molecular weight is 694 g/mol. The van der Waals surface area contributed by atoms with Crippen molar-refractivity contribution in [2.24, 2.45) is 0 Å². The molecule has 9 aromatic rings. The molecule has 0 spiro atoms. The maximum Gasteiger partial charge on any atom is 0.0645 e. The molecule has 54 heavy (non-hydrogen) atoms. The first kappa shape index (κ1) is 27.9. The maximum atomic E-state index is 9.67. The minimum Gasteiger partial charge on any atom is -0.310 e. The van der Waals surface area contributed by atoms with Gasteiger partial charge in [-0.1, -0.05) is 184 Å². The molecule has 1 aliphatic carbocycles. The highest BCUT2D eigenvalue weighted by Crippen LogP contribution is 2.53. The van der Waals surface area contributed by atoms with Gasteiger partial charge >= 0.3 is 0 Å². The number of fused-ring (bicyclic) bond motifs is 5. The highest BCUT2D eigenvalue weighted by molar-refractivity contribution is 6.00. The molecular formula is C53H39N. The van der Waals surface area contributed by atoms with E-state index in [-0.39, 0.29) is 29.6 Å². The Bertz CT molecular complexity index is 2940. The van der Waals surface area contributed by atoms with Gasteiger partial charge in [0.05, 0.1) is 11.2 Å². The topological polar surface area (TPSA) is 3.24 Å². The third-order valence-corrected chi connectivity index (χ3v) is 11.2. The molecule has 1 aliphatic rings. The van der Waals surface area contributed by atoms with Gasteiger partial charge in [-0.3, -0.25) is 0 Å². The Morgan fingerprint density at radius 3 is 1.50 bits per heavy atom. The smallest absolute Gasteiger partial charge is 0.0645 e. The molecule has 0 aliphatic heterocycles. The van der Waals surface area contributed by atoms with Crippen molar-refractivity contribution in [2.45, 2.75) is 19.3 Å². The summed E-state index contributed by atoms with van der Waals surface area (Å²) in [4.78, 5) is 2.01. The number of rotatable bonds is 6. The second-order valence-electron chi connectivity index (χ2n) is 14.6. The van der Waals surface area contributed by atoms with Gasteiger partial charge in [0.2, 0.25) is 0 Å². The molecule has 0 N–H and O–H groups in total. The SMILES string of the molecule is [2H]c1c([2H])c([2H])c(N(c2ccc(-c3cccc4ccccc34)cc2)c2ccc(-c3cccc4ccccc34)cc2)c(-c2cccc3c2-c2ccccc2C3(C)C)c1[2H]. The van der Waals surface area contributed by atoms with E-state index in [1.807, 2.05) is 23.1 Å². The lowest BCUT2D eigenvalue weighted by atomic mass is 9.82. The van der Waals surface area contributed by atoms with Crippen LogP contribution in [-0.2, 0) is 5.41 Å². The molecule has 0 unspecified atom stereocenters. The monoisotopic (exact) mass is 693 g/mol. The van der Waals surface area contributed by atoms with E-state index in [1.165, 1.54) is 27.1 Å². The van der Waals surface area contributed by atoms with Gasteiger partial charge in [0.15, 0.2) is 0 Å². The first-order valence-electron chi connectivity index (χ1n) is 20.5. The standard InChI is InChI=1S/C53H39N/c1-53(2)49-25-9-7-21-48(49)52-47(24-13-26-50(52)53)46-20-8-10-27-51(46)54(40-32-28-38(29-33-40)44-22-11-16-36-14-3-5-18-42(36)44)41-34-30-39(31-35-41)45-23-12-17-37-15-4-6-19-43(37)45/h3-35H,1-2H3/i8D,10D,20D,27D. The van der Waals surface area contributed by atoms with Crippen molar-refractivity contribution in [3.05, 3.63) is 211 Å². The van der Waals surface area contributed by atoms with E-state index in [4.69, 9.17) is 2.74 Å². The molecule has 0 saturated heterocycles. The number of para-hydroxylation sites is 1. The Balaban J connectivity index is 1.22. The van der Waals surface area contributed by atoms with E-state index >= 15 is 0 Å². The van der Waals surface area contributed by atoms with E-state index in [0.29, 0.717) is 11.3 Å². The van der Waals surface area contributed by atoms with Crippen molar-refractivity contribution in [2.75, 3.05) is 4.90 Å². The molecule has 256 valence electrons. The molecule has 0 saturated carbocycles. The summed E-state index contributed by atoms with van der Waals surface area (Å²) < 4.78 is 37.3. The van der Waals surface area contributed by atoms with Gasteiger partial charge < -0.3 is 4.90 Å². The van der Waals surface area contributed by atoms with Gasteiger partial charge in [-0.25, -0.2) is 0 Å². The van der Waals surface area contributed by atoms with Crippen molar-refractivity contribution in [1.29, 1.82) is 0 Å². The van der Waals surface area contributed by atoms with Crippen LogP contribution in [0.15, 0.2) is 200 Å². The van der Waals surface area contributed by atoms with Crippen LogP contribution in [0.25, 0.3) is 66.1 Å². The Hall–Kier alpha value is -6.70. The number of anilines is 3. The van der Waals surface area contributed by atoms with E-state index in [2.05, 4.69) is 172 Å². The fourth-order valence-corrected chi connectivity index (χ4v) is 8.57. The van der Waals surface area contributed by atoms with Crippen LogP contribution in [-0.4, -0.2) is 0 Å². The predicted octanol–water partition coefficient (Wildman–Crippen LogP) is 14.8. The maximum absolute atomic E-state index is 9.67. The van der Waals surface area contributed by atoms with Crippen LogP contribution in [0, 0.1) is 0 Å². The van der Waals surface area contributed by atoms with Crippen LogP contribution in [0.4, 0.5) is 17.1 Å². The van der Waals surface area contributed by atoms with E-state index in [1.54, 1.807) is 0 Å². The number of hydrogen-bond acceptors (Lipinski definition) is 1. The molecule has 0 heterocycles. The number of benzene rings is 9. The number of nitrogens with zero attached hydrogens (tertiary/aromatic N) is 1. The normalized spacial score (nSPS) is 13.8. The van der Waals surface area contributed by atoms with E-state index in [0.717, 1.165) is 55.9 Å². The van der Waals surface area contributed by atoms with E-state index in [9.17, 15) is 2.74 Å². The largest absolute Gasteiger partial charge is 0.310 e. The fraction of sp³-hybridized carbons (Fsp3) is 0.0566. The van der Waals surface area contributed by atoms with Crippen LogP contribution in [0.3, 0.4) is 0 Å². The minimum absolute atomic E-state index is 0.0728. The highest BCUT2D eigenvalue weighted by atomic mass is 15.1. The van der Waals surface area contributed by atoms with Crippen LogP contribution >= 0.6 is 0 Å². The summed E-state index contributed by atoms with van der Waals surface area (Å²) in [7, 11) is 0. The zero-order chi connectivity index (χ0) is 39.7. The lowest BCUT2D eigenvalue weighted by molar-refractivity contribution is 0.660. The van der Waals surface area contributed by atoms with Crippen LogP contribution in [0.2, 0.25) is 0 Å². The molecule has 0 fully saturated rings. The average Bonchev–Trinajstić information content (AvgIpc) is 3.51. The summed E-state index contributed by atoms with van der Waals surface area (Å²) in [6, 6.07) is 60.1. The third-order valence-electron chi connectivity index (χ3n) is 11.2. The second kappa shape index (κ2) is 12.8. The molecule has 0 atom stereocenters. The zero-order valence-corrected chi connectivity index (χ0v) is 30.2. The minimum atomic E-state index is -0.290. The lowest BCUT2D eigenvalue weighted by Crippen LogP contribution is -2.14. The van der Waals surface area contributed by atoms with Gasteiger partial charge in [0, 0.05) is 22.4 Å². The first-order valence-corrected chi connectivity index (χ1v) is 18.5. The summed E-state index contributed by atoms with van der Waals surface area (Å²) in [5.74, 6) is 0. The third kappa shape index (κ3) is 5.16. The molecule has 9 aromatic carbocycles. The summed E-state index contributed by atoms with van der Waals surface area (Å²) >= 11 is 0. The van der Waals surface area contributed by atoms with Crippen molar-refractivity contribution in [1.82, 2.24) is 0 Å². The van der Waals surface area contributed by atoms with Gasteiger partial charge in [-0.15, -0.1) is 0 Å². The zero-order valence-electron chi connectivity index (χ0n) is 34.2. The molecular weight excluding hydrogens is 651 g/mol. The molecule has 0 aromatic heterocycles. The first-order chi connectivity index (χ1) is 28.2.